The van der Waals surface area contributed by atoms with Gasteiger partial charge >= 0.3 is 0 Å². The Hall–Kier alpha value is -2.86. The predicted octanol–water partition coefficient (Wildman–Crippen LogP) is 2.99. The van der Waals surface area contributed by atoms with Crippen molar-refractivity contribution < 1.29 is 0 Å². The first kappa shape index (κ1) is 12.2. The van der Waals surface area contributed by atoms with Crippen molar-refractivity contribution in [3.05, 3.63) is 81.8 Å². The number of nitrogens with zero attached hydrogens (tertiary/aromatic N) is 1. The fourth-order valence-corrected chi connectivity index (χ4v) is 2.39. The fourth-order valence-electron chi connectivity index (χ4n) is 2.39. The lowest BCUT2D eigenvalue weighted by Crippen LogP contribution is -2.07. The summed E-state index contributed by atoms with van der Waals surface area (Å²) in [6, 6.07) is 17.2. The highest BCUT2D eigenvalue weighted by atomic mass is 16.1. The molecule has 0 aliphatic carbocycles. The Bertz CT molecular complexity index is 872. The van der Waals surface area contributed by atoms with Crippen molar-refractivity contribution in [2.45, 2.75) is 6.42 Å². The molecular formula is C17H12N2O. The number of hydrogen-bond acceptors (Lipinski definition) is 2. The molecule has 1 N–H and O–H groups in total. The van der Waals surface area contributed by atoms with Gasteiger partial charge in [0.1, 0.15) is 0 Å². The summed E-state index contributed by atoms with van der Waals surface area (Å²) in [5.74, 6) is 0. The second-order valence-corrected chi connectivity index (χ2v) is 4.68. The van der Waals surface area contributed by atoms with Gasteiger partial charge in [-0.3, -0.25) is 4.79 Å². The average molecular weight is 260 g/mol. The van der Waals surface area contributed by atoms with Crippen molar-refractivity contribution in [1.29, 1.82) is 5.26 Å². The van der Waals surface area contributed by atoms with Gasteiger partial charge in [0.2, 0.25) is 0 Å². The highest BCUT2D eigenvalue weighted by molar-refractivity contribution is 5.84. The number of benzene rings is 2. The number of H-pyrrole nitrogens is 1. The number of aromatic amines is 1. The summed E-state index contributed by atoms with van der Waals surface area (Å²) in [4.78, 5) is 14.6. The monoisotopic (exact) mass is 260 g/mol. The molecule has 1 heterocycles. The zero-order valence-electron chi connectivity index (χ0n) is 10.8. The van der Waals surface area contributed by atoms with Crippen LogP contribution >= 0.6 is 0 Å². The van der Waals surface area contributed by atoms with Gasteiger partial charge in [0.05, 0.1) is 11.6 Å². The third kappa shape index (κ3) is 2.19. The van der Waals surface area contributed by atoms with E-state index in [0.717, 1.165) is 16.5 Å². The molecule has 2 aromatic carbocycles. The lowest BCUT2D eigenvalue weighted by molar-refractivity contribution is 1.15. The number of rotatable bonds is 2. The third-order valence-corrected chi connectivity index (χ3v) is 3.35. The van der Waals surface area contributed by atoms with Crippen LogP contribution in [-0.4, -0.2) is 4.98 Å². The van der Waals surface area contributed by atoms with E-state index < -0.39 is 0 Å². The van der Waals surface area contributed by atoms with Crippen molar-refractivity contribution >= 4 is 10.8 Å². The molecule has 0 saturated heterocycles. The third-order valence-electron chi connectivity index (χ3n) is 3.35. The molecule has 0 spiro atoms. The van der Waals surface area contributed by atoms with Crippen LogP contribution in [0.4, 0.5) is 0 Å². The van der Waals surface area contributed by atoms with E-state index >= 15 is 0 Å². The van der Waals surface area contributed by atoms with Crippen LogP contribution < -0.4 is 5.56 Å². The highest BCUT2D eigenvalue weighted by Gasteiger charge is 2.05. The van der Waals surface area contributed by atoms with Crippen molar-refractivity contribution in [3.8, 4) is 6.07 Å². The Morgan fingerprint density at radius 1 is 1.05 bits per heavy atom. The maximum Gasteiger partial charge on any atom is 0.255 e. The van der Waals surface area contributed by atoms with E-state index in [9.17, 15) is 4.79 Å². The first-order chi connectivity index (χ1) is 9.78. The van der Waals surface area contributed by atoms with Gasteiger partial charge in [0, 0.05) is 11.6 Å². The molecule has 0 atom stereocenters. The molecule has 0 bridgehead atoms. The van der Waals surface area contributed by atoms with Crippen LogP contribution in [0.5, 0.6) is 0 Å². The number of fused-ring (bicyclic) bond motifs is 1. The molecule has 3 rings (SSSR count). The second-order valence-electron chi connectivity index (χ2n) is 4.68. The lowest BCUT2D eigenvalue weighted by atomic mass is 10.00. The van der Waals surface area contributed by atoms with Crippen LogP contribution in [0, 0.1) is 11.3 Å². The van der Waals surface area contributed by atoms with Crippen LogP contribution in [0.3, 0.4) is 0 Å². The summed E-state index contributed by atoms with van der Waals surface area (Å²) < 4.78 is 0. The quantitative estimate of drug-likeness (QED) is 0.770. The molecule has 20 heavy (non-hydrogen) atoms. The van der Waals surface area contributed by atoms with Crippen molar-refractivity contribution in [3.63, 3.8) is 0 Å². The van der Waals surface area contributed by atoms with E-state index in [0.29, 0.717) is 17.4 Å². The van der Waals surface area contributed by atoms with Crippen LogP contribution in [0.25, 0.3) is 10.8 Å². The summed E-state index contributed by atoms with van der Waals surface area (Å²) in [6.07, 6.45) is 2.44. The fraction of sp³-hybridized carbons (Fsp3) is 0.0588. The Balaban J connectivity index is 2.09. The minimum atomic E-state index is -0.0740. The average Bonchev–Trinajstić information content (AvgIpc) is 2.51. The summed E-state index contributed by atoms with van der Waals surface area (Å²) in [5.41, 5.74) is 2.68. The molecule has 3 heteroatoms. The molecule has 0 fully saturated rings. The molecule has 0 amide bonds. The van der Waals surface area contributed by atoms with E-state index in [-0.39, 0.29) is 5.56 Å². The van der Waals surface area contributed by atoms with E-state index in [1.807, 2.05) is 42.5 Å². The van der Waals surface area contributed by atoms with Crippen LogP contribution in [0.2, 0.25) is 0 Å². The molecular weight excluding hydrogens is 248 g/mol. The smallest absolute Gasteiger partial charge is 0.255 e. The zero-order chi connectivity index (χ0) is 13.9. The second kappa shape index (κ2) is 5.02. The predicted molar refractivity (Wildman–Crippen MR) is 78.5 cm³/mol. The molecule has 3 nitrogen and oxygen atoms in total. The van der Waals surface area contributed by atoms with Gasteiger partial charge in [-0.25, -0.2) is 0 Å². The molecule has 1 aromatic heterocycles. The van der Waals surface area contributed by atoms with Gasteiger partial charge in [0.15, 0.2) is 0 Å². The van der Waals surface area contributed by atoms with Gasteiger partial charge in [-0.15, -0.1) is 0 Å². The van der Waals surface area contributed by atoms with E-state index in [2.05, 4.69) is 11.1 Å². The minimum Gasteiger partial charge on any atom is -0.328 e. The number of nitriles is 1. The first-order valence-electron chi connectivity index (χ1n) is 6.36. The first-order valence-corrected chi connectivity index (χ1v) is 6.36. The number of hydrogen-bond donors (Lipinski definition) is 1. The van der Waals surface area contributed by atoms with Gasteiger partial charge in [0.25, 0.3) is 5.56 Å². The number of pyridine rings is 1. The van der Waals surface area contributed by atoms with Gasteiger partial charge in [-0.1, -0.05) is 30.3 Å². The Morgan fingerprint density at radius 3 is 2.65 bits per heavy atom. The molecule has 0 unspecified atom stereocenters. The summed E-state index contributed by atoms with van der Waals surface area (Å²) in [5, 5.41) is 10.6. The van der Waals surface area contributed by atoms with Gasteiger partial charge < -0.3 is 4.98 Å². The molecule has 96 valence electrons. The number of aromatic nitrogens is 1. The Kier molecular flexibility index (Phi) is 3.06. The standard InChI is InChI=1S/C17H12N2O/c18-10-13-5-3-4-12(8-13)9-14-11-19-17(20)16-7-2-1-6-15(14)16/h1-8,11H,9H2,(H,19,20). The van der Waals surface area contributed by atoms with E-state index in [4.69, 9.17) is 5.26 Å². The largest absolute Gasteiger partial charge is 0.328 e. The van der Waals surface area contributed by atoms with E-state index in [1.54, 1.807) is 12.3 Å². The Morgan fingerprint density at radius 2 is 1.85 bits per heavy atom. The molecule has 0 saturated carbocycles. The number of nitrogens with one attached hydrogen (secondary N) is 1. The molecule has 0 aliphatic rings. The van der Waals surface area contributed by atoms with E-state index in [1.165, 1.54) is 0 Å². The Labute approximate surface area is 116 Å². The van der Waals surface area contributed by atoms with Crippen LogP contribution in [0.1, 0.15) is 16.7 Å². The molecule has 0 radical (unpaired) electrons. The summed E-state index contributed by atoms with van der Waals surface area (Å²) in [6.45, 7) is 0. The van der Waals surface area contributed by atoms with Gasteiger partial charge in [-0.2, -0.15) is 5.26 Å². The summed E-state index contributed by atoms with van der Waals surface area (Å²) in [7, 11) is 0. The summed E-state index contributed by atoms with van der Waals surface area (Å²) >= 11 is 0. The lowest BCUT2D eigenvalue weighted by Gasteiger charge is -2.06. The van der Waals surface area contributed by atoms with Crippen molar-refractivity contribution in [2.75, 3.05) is 0 Å². The minimum absolute atomic E-state index is 0.0740. The van der Waals surface area contributed by atoms with Crippen molar-refractivity contribution in [1.82, 2.24) is 4.98 Å². The highest BCUT2D eigenvalue weighted by Crippen LogP contribution is 2.18. The topological polar surface area (TPSA) is 56.6 Å². The zero-order valence-corrected chi connectivity index (χ0v) is 10.8. The normalized spacial score (nSPS) is 10.3. The molecule has 3 aromatic rings. The molecule has 0 aliphatic heterocycles. The van der Waals surface area contributed by atoms with Crippen molar-refractivity contribution in [2.24, 2.45) is 0 Å². The maximum absolute atomic E-state index is 11.8. The maximum atomic E-state index is 11.8. The SMILES string of the molecule is N#Cc1cccc(Cc2c[nH]c(=O)c3ccccc23)c1. The van der Waals surface area contributed by atoms with Crippen LogP contribution in [0.15, 0.2) is 59.5 Å². The van der Waals surface area contributed by atoms with Crippen LogP contribution in [-0.2, 0) is 6.42 Å². The van der Waals surface area contributed by atoms with Gasteiger partial charge in [-0.05, 0) is 41.1 Å².